The molecule has 7 nitrogen and oxygen atoms in total. The number of ether oxygens (including phenoxy) is 3. The normalized spacial score (nSPS) is 33.7. The van der Waals surface area contributed by atoms with E-state index < -0.39 is 0 Å². The van der Waals surface area contributed by atoms with Crippen LogP contribution in [0.25, 0.3) is 0 Å². The second-order valence-corrected chi connectivity index (χ2v) is 9.86. The van der Waals surface area contributed by atoms with Crippen molar-refractivity contribution in [1.29, 1.82) is 0 Å². The minimum Gasteiger partial charge on any atom is -0.476 e. The van der Waals surface area contributed by atoms with Gasteiger partial charge in [-0.25, -0.2) is 4.98 Å². The van der Waals surface area contributed by atoms with Gasteiger partial charge in [-0.05, 0) is 82.4 Å². The number of fused-ring (bicyclic) bond motifs is 5. The maximum atomic E-state index is 12.8. The molecule has 0 aromatic carbocycles. The number of hydrogen-bond acceptors (Lipinski definition) is 6. The van der Waals surface area contributed by atoms with Gasteiger partial charge in [-0.3, -0.25) is 9.69 Å². The van der Waals surface area contributed by atoms with E-state index in [0.717, 1.165) is 70.3 Å². The van der Waals surface area contributed by atoms with E-state index in [2.05, 4.69) is 28.2 Å². The van der Waals surface area contributed by atoms with E-state index in [1.807, 2.05) is 6.20 Å². The minimum atomic E-state index is -0.287. The molecule has 6 rings (SSSR count). The van der Waals surface area contributed by atoms with Crippen LogP contribution < -0.4 is 10.1 Å². The van der Waals surface area contributed by atoms with Crippen molar-refractivity contribution in [2.75, 3.05) is 32.9 Å². The summed E-state index contributed by atoms with van der Waals surface area (Å²) in [5.41, 5.74) is 2.57. The highest BCUT2D eigenvalue weighted by molar-refractivity contribution is 5.81. The Bertz CT molecular complexity index is 789. The molecular weight excluding hydrogens is 406 g/mol. The quantitative estimate of drug-likeness (QED) is 0.758. The molecule has 3 atom stereocenters. The monoisotopic (exact) mass is 443 g/mol. The zero-order valence-corrected chi connectivity index (χ0v) is 19.3. The van der Waals surface area contributed by atoms with Crippen molar-refractivity contribution in [2.24, 2.45) is 0 Å². The van der Waals surface area contributed by atoms with Crippen molar-refractivity contribution in [1.82, 2.24) is 15.2 Å². The second kappa shape index (κ2) is 10.1. The van der Waals surface area contributed by atoms with Gasteiger partial charge >= 0.3 is 0 Å². The van der Waals surface area contributed by atoms with Gasteiger partial charge in [-0.2, -0.15) is 0 Å². The first kappa shape index (κ1) is 22.1. The minimum absolute atomic E-state index is 0.0441. The fourth-order valence-electron chi connectivity index (χ4n) is 6.02. The number of pyridine rings is 1. The zero-order valence-electron chi connectivity index (χ0n) is 19.3. The van der Waals surface area contributed by atoms with Crippen molar-refractivity contribution in [3.05, 3.63) is 23.4 Å². The number of amides is 1. The second-order valence-electron chi connectivity index (χ2n) is 9.86. The highest BCUT2D eigenvalue weighted by Gasteiger charge is 2.36. The zero-order chi connectivity index (χ0) is 21.9. The van der Waals surface area contributed by atoms with Gasteiger partial charge in [0.05, 0.1) is 18.8 Å². The number of piperidine rings is 1. The molecule has 7 heteroatoms. The fourth-order valence-corrected chi connectivity index (χ4v) is 6.02. The third-order valence-electron chi connectivity index (χ3n) is 7.82. The van der Waals surface area contributed by atoms with Crippen molar-refractivity contribution < 1.29 is 19.0 Å². The summed E-state index contributed by atoms with van der Waals surface area (Å²) >= 11 is 0. The van der Waals surface area contributed by atoms with Gasteiger partial charge in [0.15, 0.2) is 0 Å². The standard InChI is InChI=1S/C25H37N3O4/c1-17-10-11-26-25-23(17)18-6-8-19(9-7-18)32-16-21-20(4-2-12-28(21)13-15-31-25)27-24(29)22-5-3-14-30-22/h10-11,18-22H,2-9,12-16H2,1H3,(H,27,29)/t18?,19?,20-,21-,22+/m0/s1. The SMILES string of the molecule is Cc1ccnc2c1C1CCC(CC1)OC[C@H]1[C@@H](NC(=O)[C@H]3CCCO3)CCCN1CCO2. The lowest BCUT2D eigenvalue weighted by molar-refractivity contribution is -0.132. The van der Waals surface area contributed by atoms with Crippen LogP contribution in [-0.4, -0.2) is 73.0 Å². The van der Waals surface area contributed by atoms with E-state index in [9.17, 15) is 4.79 Å². The van der Waals surface area contributed by atoms with Crippen LogP contribution >= 0.6 is 0 Å². The van der Waals surface area contributed by atoms with Gasteiger partial charge in [-0.15, -0.1) is 0 Å². The van der Waals surface area contributed by atoms with E-state index in [0.29, 0.717) is 31.8 Å². The van der Waals surface area contributed by atoms with Gasteiger partial charge in [0.2, 0.25) is 11.8 Å². The number of nitrogens with zero attached hydrogens (tertiary/aromatic N) is 2. The van der Waals surface area contributed by atoms with Gasteiger partial charge in [-0.1, -0.05) is 0 Å². The summed E-state index contributed by atoms with van der Waals surface area (Å²) in [4.78, 5) is 19.8. The third-order valence-corrected chi connectivity index (χ3v) is 7.82. The average Bonchev–Trinajstić information content (AvgIpc) is 3.34. The van der Waals surface area contributed by atoms with Crippen LogP contribution in [0, 0.1) is 6.92 Å². The lowest BCUT2D eigenvalue weighted by Crippen LogP contribution is -2.59. The molecule has 3 fully saturated rings. The molecule has 1 N–H and O–H groups in total. The van der Waals surface area contributed by atoms with E-state index >= 15 is 0 Å². The molecule has 0 unspecified atom stereocenters. The average molecular weight is 444 g/mol. The molecule has 4 aliphatic heterocycles. The predicted octanol–water partition coefficient (Wildman–Crippen LogP) is 2.95. The number of aryl methyl sites for hydroxylation is 1. The Morgan fingerprint density at radius 1 is 1.06 bits per heavy atom. The van der Waals surface area contributed by atoms with Gasteiger partial charge in [0.1, 0.15) is 12.7 Å². The number of aromatic nitrogens is 1. The summed E-state index contributed by atoms with van der Waals surface area (Å²) < 4.78 is 18.4. The van der Waals surface area contributed by atoms with Gasteiger partial charge < -0.3 is 19.5 Å². The Balaban J connectivity index is 1.33. The summed E-state index contributed by atoms with van der Waals surface area (Å²) in [5.74, 6) is 1.35. The molecule has 2 saturated heterocycles. The van der Waals surface area contributed by atoms with E-state index in [1.165, 1.54) is 11.1 Å². The number of carbonyl (C=O) groups excluding carboxylic acids is 1. The van der Waals surface area contributed by atoms with E-state index in [1.54, 1.807) is 0 Å². The Morgan fingerprint density at radius 3 is 2.75 bits per heavy atom. The Hall–Kier alpha value is -1.70. The lowest BCUT2D eigenvalue weighted by atomic mass is 9.81. The largest absolute Gasteiger partial charge is 0.476 e. The molecule has 1 amide bonds. The number of carbonyl (C=O) groups is 1. The summed E-state index contributed by atoms with van der Waals surface area (Å²) in [5, 5.41) is 3.31. The van der Waals surface area contributed by atoms with Crippen molar-refractivity contribution in [3.8, 4) is 5.88 Å². The Kier molecular flexibility index (Phi) is 6.95. The highest BCUT2D eigenvalue weighted by Crippen LogP contribution is 2.39. The van der Waals surface area contributed by atoms with Gasteiger partial charge in [0, 0.05) is 31.0 Å². The molecule has 0 spiro atoms. The molecular formula is C25H37N3O4. The summed E-state index contributed by atoms with van der Waals surface area (Å²) in [6.07, 6.45) is 10.1. The topological polar surface area (TPSA) is 72.9 Å². The fraction of sp³-hybridized carbons (Fsp3) is 0.760. The number of rotatable bonds is 2. The van der Waals surface area contributed by atoms with E-state index in [4.69, 9.17) is 14.2 Å². The first-order valence-electron chi connectivity index (χ1n) is 12.5. The molecule has 176 valence electrons. The first-order valence-corrected chi connectivity index (χ1v) is 12.5. The van der Waals surface area contributed by atoms with Gasteiger partial charge in [0.25, 0.3) is 0 Å². The van der Waals surface area contributed by atoms with Crippen LogP contribution in [0.2, 0.25) is 0 Å². The Labute approximate surface area is 191 Å². The highest BCUT2D eigenvalue weighted by atomic mass is 16.5. The number of hydrogen-bond donors (Lipinski definition) is 1. The molecule has 5 aliphatic rings. The summed E-state index contributed by atoms with van der Waals surface area (Å²) in [7, 11) is 0. The number of nitrogens with one attached hydrogen (secondary N) is 1. The molecule has 5 heterocycles. The molecule has 0 radical (unpaired) electrons. The van der Waals surface area contributed by atoms with Crippen LogP contribution in [0.15, 0.2) is 12.3 Å². The Morgan fingerprint density at radius 2 is 1.94 bits per heavy atom. The molecule has 2 bridgehead atoms. The summed E-state index contributed by atoms with van der Waals surface area (Å²) in [6, 6.07) is 2.36. The van der Waals surface area contributed by atoms with Crippen LogP contribution in [0.3, 0.4) is 0 Å². The van der Waals surface area contributed by atoms with Crippen LogP contribution in [0.1, 0.15) is 68.4 Å². The van der Waals surface area contributed by atoms with Crippen LogP contribution in [-0.2, 0) is 14.3 Å². The van der Waals surface area contributed by atoms with Crippen molar-refractivity contribution in [2.45, 2.75) is 88.5 Å². The van der Waals surface area contributed by atoms with Crippen LogP contribution in [0.4, 0.5) is 0 Å². The van der Waals surface area contributed by atoms with Crippen molar-refractivity contribution in [3.63, 3.8) is 0 Å². The molecule has 1 aromatic rings. The lowest BCUT2D eigenvalue weighted by Gasteiger charge is -2.42. The van der Waals surface area contributed by atoms with E-state index in [-0.39, 0.29) is 24.1 Å². The maximum Gasteiger partial charge on any atom is 0.249 e. The molecule has 1 saturated carbocycles. The first-order chi connectivity index (χ1) is 15.7. The smallest absolute Gasteiger partial charge is 0.249 e. The third kappa shape index (κ3) is 4.80. The molecule has 1 aromatic heterocycles. The van der Waals surface area contributed by atoms with Crippen molar-refractivity contribution >= 4 is 5.91 Å². The van der Waals surface area contributed by atoms with Crippen LogP contribution in [0.5, 0.6) is 5.88 Å². The predicted molar refractivity (Wildman–Crippen MR) is 121 cm³/mol. The summed E-state index contributed by atoms with van der Waals surface area (Å²) in [6.45, 7) is 5.94. The molecule has 1 aliphatic carbocycles. The maximum absolute atomic E-state index is 12.8. The molecule has 32 heavy (non-hydrogen) atoms.